The number of imide groups is 1. The largest absolute Gasteiger partial charge is 0.480 e. The Bertz CT molecular complexity index is 1180. The van der Waals surface area contributed by atoms with E-state index in [4.69, 9.17) is 9.47 Å². The number of rotatable bonds is 9. The summed E-state index contributed by atoms with van der Waals surface area (Å²) in [6.45, 7) is 0.441. The van der Waals surface area contributed by atoms with E-state index >= 15 is 0 Å². The lowest BCUT2D eigenvalue weighted by Crippen LogP contribution is -2.38. The van der Waals surface area contributed by atoms with E-state index in [0.717, 1.165) is 16.7 Å². The number of benzene rings is 3. The van der Waals surface area contributed by atoms with E-state index in [2.05, 4.69) is 10.6 Å². The average molecular weight is 460 g/mol. The molecule has 3 N–H and O–H groups in total. The van der Waals surface area contributed by atoms with E-state index in [1.165, 1.54) is 0 Å². The normalized spacial score (nSPS) is 12.7. The number of carboxylic acids is 1. The predicted molar refractivity (Wildman–Crippen MR) is 124 cm³/mol. The predicted octanol–water partition coefficient (Wildman–Crippen LogP) is 3.36. The summed E-state index contributed by atoms with van der Waals surface area (Å²) in [6, 6.07) is 21.1. The summed E-state index contributed by atoms with van der Waals surface area (Å²) in [5, 5.41) is 14.7. The molecule has 0 aliphatic carbocycles. The highest BCUT2D eigenvalue weighted by Gasteiger charge is 2.20. The van der Waals surface area contributed by atoms with Crippen LogP contribution < -0.4 is 20.1 Å². The quantitative estimate of drug-likeness (QED) is 0.449. The molecular weight excluding hydrogens is 436 g/mol. The van der Waals surface area contributed by atoms with Gasteiger partial charge in [0.05, 0.1) is 0 Å². The van der Waals surface area contributed by atoms with Crippen molar-refractivity contribution in [3.63, 3.8) is 0 Å². The van der Waals surface area contributed by atoms with Gasteiger partial charge in [-0.05, 0) is 47.4 Å². The summed E-state index contributed by atoms with van der Waals surface area (Å²) < 4.78 is 10.6. The van der Waals surface area contributed by atoms with E-state index in [9.17, 15) is 19.5 Å². The Kier molecular flexibility index (Phi) is 7.19. The van der Waals surface area contributed by atoms with E-state index < -0.39 is 23.8 Å². The van der Waals surface area contributed by atoms with Gasteiger partial charge in [-0.25, -0.2) is 0 Å². The van der Waals surface area contributed by atoms with Crippen molar-refractivity contribution >= 4 is 17.8 Å². The van der Waals surface area contributed by atoms with Crippen molar-refractivity contribution < 1.29 is 29.0 Å². The van der Waals surface area contributed by atoms with Gasteiger partial charge in [-0.15, -0.1) is 0 Å². The van der Waals surface area contributed by atoms with Gasteiger partial charge in [0.25, 0.3) is 5.91 Å². The zero-order valence-electron chi connectivity index (χ0n) is 18.3. The molecule has 34 heavy (non-hydrogen) atoms. The fraction of sp³-hybridized carbons (Fsp3) is 0.192. The number of ether oxygens (including phenoxy) is 2. The second-order valence-electron chi connectivity index (χ2n) is 7.82. The minimum absolute atomic E-state index is 0.0337. The number of nitrogens with one attached hydrogen (secondary N) is 2. The second-order valence-corrected chi connectivity index (χ2v) is 7.82. The van der Waals surface area contributed by atoms with Crippen molar-refractivity contribution in [3.8, 4) is 22.6 Å². The molecule has 0 bridgehead atoms. The van der Waals surface area contributed by atoms with Crippen LogP contribution in [0.1, 0.15) is 28.8 Å². The molecule has 2 amide bonds. The maximum absolute atomic E-state index is 12.4. The molecule has 1 atom stereocenters. The van der Waals surface area contributed by atoms with Gasteiger partial charge in [0.2, 0.25) is 12.7 Å². The lowest BCUT2D eigenvalue weighted by atomic mass is 10.0. The molecule has 4 rings (SSSR count). The van der Waals surface area contributed by atoms with E-state index in [-0.39, 0.29) is 26.2 Å². The van der Waals surface area contributed by atoms with Gasteiger partial charge in [-0.1, -0.05) is 48.5 Å². The first-order valence-electron chi connectivity index (χ1n) is 10.8. The summed E-state index contributed by atoms with van der Waals surface area (Å²) in [6.07, 6.45) is -0.0785. The molecule has 0 fully saturated rings. The third-order valence-corrected chi connectivity index (χ3v) is 5.45. The van der Waals surface area contributed by atoms with Gasteiger partial charge in [-0.3, -0.25) is 19.7 Å². The Labute approximate surface area is 196 Å². The number of carboxylic acid groups (broad SMARTS) is 1. The maximum Gasteiger partial charge on any atom is 0.320 e. The SMILES string of the molecule is O=C(CC[C@H](NCc1ccc2c(c1)OCO2)C(=O)O)NC(=O)c1ccc(-c2ccccc2)cc1. The Morgan fingerprint density at radius 1 is 0.882 bits per heavy atom. The van der Waals surface area contributed by atoms with Crippen molar-refractivity contribution in [2.45, 2.75) is 25.4 Å². The Morgan fingerprint density at radius 3 is 2.32 bits per heavy atom. The molecule has 174 valence electrons. The highest BCUT2D eigenvalue weighted by atomic mass is 16.7. The third kappa shape index (κ3) is 5.79. The van der Waals surface area contributed by atoms with Gasteiger partial charge >= 0.3 is 5.97 Å². The highest BCUT2D eigenvalue weighted by Crippen LogP contribution is 2.32. The Balaban J connectivity index is 1.26. The summed E-state index contributed by atoms with van der Waals surface area (Å²) in [5.74, 6) is -0.870. The van der Waals surface area contributed by atoms with Crippen LogP contribution >= 0.6 is 0 Å². The summed E-state index contributed by atoms with van der Waals surface area (Å²) in [4.78, 5) is 36.3. The minimum atomic E-state index is -1.07. The first-order chi connectivity index (χ1) is 16.5. The number of hydrogen-bond acceptors (Lipinski definition) is 6. The molecular formula is C26H24N2O6. The topological polar surface area (TPSA) is 114 Å². The minimum Gasteiger partial charge on any atom is -0.480 e. The number of aliphatic carboxylic acids is 1. The van der Waals surface area contributed by atoms with E-state index in [0.29, 0.717) is 17.1 Å². The van der Waals surface area contributed by atoms with Crippen LogP contribution in [0.15, 0.2) is 72.8 Å². The summed E-state index contributed by atoms with van der Waals surface area (Å²) in [7, 11) is 0. The van der Waals surface area contributed by atoms with Crippen LogP contribution in [0.2, 0.25) is 0 Å². The first kappa shape index (κ1) is 23.0. The van der Waals surface area contributed by atoms with Crippen LogP contribution in [0.3, 0.4) is 0 Å². The van der Waals surface area contributed by atoms with E-state index in [1.807, 2.05) is 48.5 Å². The van der Waals surface area contributed by atoms with Crippen molar-refractivity contribution in [2.75, 3.05) is 6.79 Å². The molecule has 0 radical (unpaired) electrons. The zero-order chi connectivity index (χ0) is 23.9. The maximum atomic E-state index is 12.4. The Hall–Kier alpha value is -4.17. The smallest absolute Gasteiger partial charge is 0.320 e. The van der Waals surface area contributed by atoms with Gasteiger partial charge < -0.3 is 19.9 Å². The molecule has 1 aliphatic rings. The molecule has 0 saturated carbocycles. The van der Waals surface area contributed by atoms with Crippen LogP contribution in [0, 0.1) is 0 Å². The van der Waals surface area contributed by atoms with Gasteiger partial charge in [0, 0.05) is 18.5 Å². The highest BCUT2D eigenvalue weighted by molar-refractivity contribution is 6.04. The van der Waals surface area contributed by atoms with Crippen LogP contribution in [-0.4, -0.2) is 35.7 Å². The lowest BCUT2D eigenvalue weighted by molar-refractivity contribution is -0.139. The van der Waals surface area contributed by atoms with Crippen molar-refractivity contribution in [2.24, 2.45) is 0 Å². The third-order valence-electron chi connectivity index (χ3n) is 5.45. The molecule has 0 spiro atoms. The standard InChI is InChI=1S/C26H24N2O6/c29-24(28-25(30)20-9-7-19(8-10-20)18-4-2-1-3-5-18)13-11-21(26(31)32)27-15-17-6-12-22-23(14-17)34-16-33-22/h1-10,12,14,21,27H,11,13,15-16H2,(H,31,32)(H,28,29,30)/t21-/m0/s1. The average Bonchev–Trinajstić information content (AvgIpc) is 3.32. The number of fused-ring (bicyclic) bond motifs is 1. The summed E-state index contributed by atoms with van der Waals surface area (Å²) >= 11 is 0. The lowest BCUT2D eigenvalue weighted by Gasteiger charge is -2.14. The van der Waals surface area contributed by atoms with Crippen LogP contribution in [0.5, 0.6) is 11.5 Å². The first-order valence-corrected chi connectivity index (χ1v) is 10.8. The molecule has 1 heterocycles. The van der Waals surface area contributed by atoms with Crippen molar-refractivity contribution in [1.82, 2.24) is 10.6 Å². The van der Waals surface area contributed by atoms with Gasteiger partial charge in [0.15, 0.2) is 11.5 Å². The number of carbonyl (C=O) groups excluding carboxylic acids is 2. The number of carbonyl (C=O) groups is 3. The fourth-order valence-electron chi connectivity index (χ4n) is 3.59. The second kappa shape index (κ2) is 10.6. The van der Waals surface area contributed by atoms with Crippen molar-refractivity contribution in [1.29, 1.82) is 0 Å². The number of hydrogen-bond donors (Lipinski definition) is 3. The number of amides is 2. The molecule has 1 aliphatic heterocycles. The molecule has 8 nitrogen and oxygen atoms in total. The molecule has 0 unspecified atom stereocenters. The molecule has 0 aromatic heterocycles. The zero-order valence-corrected chi connectivity index (χ0v) is 18.3. The van der Waals surface area contributed by atoms with Crippen LogP contribution in [0.25, 0.3) is 11.1 Å². The molecule has 3 aromatic rings. The molecule has 3 aromatic carbocycles. The molecule has 0 saturated heterocycles. The van der Waals surface area contributed by atoms with E-state index in [1.54, 1.807) is 24.3 Å². The molecule has 8 heteroatoms. The fourth-order valence-corrected chi connectivity index (χ4v) is 3.59. The van der Waals surface area contributed by atoms with Crippen molar-refractivity contribution in [3.05, 3.63) is 83.9 Å². The van der Waals surface area contributed by atoms with Gasteiger partial charge in [-0.2, -0.15) is 0 Å². The summed E-state index contributed by atoms with van der Waals surface area (Å²) in [5.41, 5.74) is 3.16. The van der Waals surface area contributed by atoms with Gasteiger partial charge in [0.1, 0.15) is 6.04 Å². The Morgan fingerprint density at radius 2 is 1.59 bits per heavy atom. The van der Waals surface area contributed by atoms with Crippen LogP contribution in [-0.2, 0) is 16.1 Å². The van der Waals surface area contributed by atoms with Crippen LogP contribution in [0.4, 0.5) is 0 Å². The monoisotopic (exact) mass is 460 g/mol.